The Hall–Kier alpha value is -7.88. The normalized spacial score (nSPS) is 26.6. The number of nitrogens with zero attached hydrogens (tertiary/aromatic N) is 4. The van der Waals surface area contributed by atoms with Gasteiger partial charge in [0, 0.05) is 43.6 Å². The molecule has 1 unspecified atom stereocenters. The summed E-state index contributed by atoms with van der Waals surface area (Å²) in [5.74, 6) is -8.15. The Balaban J connectivity index is 1.24. The van der Waals surface area contributed by atoms with E-state index in [9.17, 15) is 74.4 Å². The highest BCUT2D eigenvalue weighted by Gasteiger charge is 2.50. The lowest BCUT2D eigenvalue weighted by Crippen LogP contribution is -2.64. The molecule has 7 rings (SSSR count). The number of rotatable bonds is 18. The number of aliphatic imine (C=N–C) groups is 1. The van der Waals surface area contributed by atoms with Gasteiger partial charge in [-0.25, -0.2) is 0 Å². The second-order valence-corrected chi connectivity index (χ2v) is 24.4. The zero-order valence-electron chi connectivity index (χ0n) is 51.2. The van der Waals surface area contributed by atoms with Crippen LogP contribution in [0.3, 0.4) is 0 Å². The van der Waals surface area contributed by atoms with E-state index in [1.807, 2.05) is 69.7 Å². The molecule has 0 spiro atoms. The highest BCUT2D eigenvalue weighted by molar-refractivity contribution is 6.00. The lowest BCUT2D eigenvalue weighted by molar-refractivity contribution is -0.868. The predicted octanol–water partition coefficient (Wildman–Crippen LogP) is -0.0999. The van der Waals surface area contributed by atoms with E-state index in [4.69, 9.17) is 4.74 Å². The number of fused-ring (bicyclic) bond motifs is 2. The van der Waals surface area contributed by atoms with E-state index in [0.717, 1.165) is 70.9 Å². The lowest BCUT2D eigenvalue weighted by Gasteiger charge is -2.34. The van der Waals surface area contributed by atoms with E-state index in [1.54, 1.807) is 12.1 Å². The van der Waals surface area contributed by atoms with Crippen LogP contribution in [0.15, 0.2) is 102 Å². The van der Waals surface area contributed by atoms with Crippen LogP contribution in [-0.2, 0) is 28.8 Å². The number of hydrogen-bond acceptors (Lipinski definition) is 17. The number of phenolic OH excluding ortho intramolecular Hbond substituents is 1. The minimum absolute atomic E-state index is 0.0541. The van der Waals surface area contributed by atoms with Gasteiger partial charge in [-0.1, -0.05) is 87.4 Å². The molecular formula is C64H86N9O16+. The van der Waals surface area contributed by atoms with Crippen molar-refractivity contribution in [1.82, 2.24) is 36.4 Å². The third kappa shape index (κ3) is 17.7. The molecule has 89 heavy (non-hydrogen) atoms. The first-order valence-corrected chi connectivity index (χ1v) is 30.1. The number of unbranched alkanes of at least 4 members (excludes halogenated alkanes) is 2. The van der Waals surface area contributed by atoms with Gasteiger partial charge in [0.15, 0.2) is 0 Å². The Morgan fingerprint density at radius 2 is 1.22 bits per heavy atom. The van der Waals surface area contributed by atoms with Gasteiger partial charge in [0.2, 0.25) is 35.4 Å². The van der Waals surface area contributed by atoms with Crippen molar-refractivity contribution in [2.45, 2.75) is 145 Å². The molecule has 3 aliphatic heterocycles. The number of carbonyl (C=O) groups excluding carboxylic acids is 7. The van der Waals surface area contributed by atoms with Crippen molar-refractivity contribution in [1.29, 1.82) is 0 Å². The molecule has 13 N–H and O–H groups in total. The molecule has 3 aliphatic rings. The fraction of sp³-hybridized carbons (Fsp3) is 0.500. The molecule has 4 aromatic carbocycles. The molecule has 3 saturated heterocycles. The molecule has 0 aliphatic carbocycles. The number of likely N-dealkylation sites (N-methyl/N-ethyl adjacent to an activating group) is 1. The molecule has 25 heteroatoms. The smallest absolute Gasteiger partial charge is 0.251 e. The van der Waals surface area contributed by atoms with Gasteiger partial charge in [-0.3, -0.25) is 38.6 Å². The largest absolute Gasteiger partial charge is 0.508 e. The van der Waals surface area contributed by atoms with Crippen LogP contribution in [0.25, 0.3) is 22.3 Å². The number of carbonyl (C=O) groups is 7. The number of ether oxygens (including phenoxy) is 1. The molecule has 15 atom stereocenters. The molecule has 0 saturated carbocycles. The quantitative estimate of drug-likeness (QED) is 0.0351. The van der Waals surface area contributed by atoms with Gasteiger partial charge in [-0.2, -0.15) is 0 Å². The van der Waals surface area contributed by atoms with Gasteiger partial charge < -0.3 is 86.5 Å². The standard InChI is InChI=1S/C64H85N9O16/c1-8-9-10-29-89-46-25-21-41(22-26-46)39-13-11-38(12-14-39)40-15-17-43(18-16-40)58(82)66-47-31-50(78)48(32-65-27-28-73(5,6)7)67-62(86)54-55(79)35(2)33-72(54)64(88)52(37(4)75)69-61(85)53(57(81)56(80)42-19-23-44(76)24-20-42)70-60(84)49-30-45(77)34-71(49)63(87)51(36(3)74)68-59(47)83/h11-26,32,35-37,45,47-57,74-75,77-81H,8-10,27-31,33-34H2,1-7H3,(H5-,66,67,68,69,70,76,82,83,84,85,86)/p+1/b65-32+/t35-,36+,37+,45+,47-,48?,49-,50+,51-,52-,53-,54-,55-,56-,57-/m0/s1. The Labute approximate surface area is 517 Å². The van der Waals surface area contributed by atoms with Crippen molar-refractivity contribution >= 4 is 47.6 Å². The van der Waals surface area contributed by atoms with Crippen LogP contribution >= 0.6 is 0 Å². The van der Waals surface area contributed by atoms with E-state index in [-0.39, 0.29) is 30.0 Å². The number of hydrogen-bond donors (Lipinski definition) is 13. The SMILES string of the molecule is CCCCCOc1ccc(-c2ccc(-c3ccc(C(=O)N[C@H]4C[C@@H](O)C(/C=N/CC[N+](C)(C)C)NC(=O)[C@@H]5[C@@H](O)[C@@H](C)CN5C(=O)[C@H]([C@@H](C)O)NC(=O)[C@H]([C@H](O)[C@@H](O)c5ccc(O)cc5)NC(=O)[C@@H]5C[C@@H](O)CN5C(=O)[C@H]([C@@H](C)O)NC4=O)cc3)cc2)cc1. The Morgan fingerprint density at radius 1 is 0.685 bits per heavy atom. The average Bonchev–Trinajstić information content (AvgIpc) is 2.99. The summed E-state index contributed by atoms with van der Waals surface area (Å²) in [6.07, 6.45) is -9.51. The second kappa shape index (κ2) is 30.6. The Kier molecular flexibility index (Phi) is 23.6. The van der Waals surface area contributed by atoms with Crippen LogP contribution in [0.4, 0.5) is 0 Å². The molecule has 0 aromatic heterocycles. The molecule has 0 bridgehead atoms. The number of nitrogens with one attached hydrogen (secondary N) is 5. The van der Waals surface area contributed by atoms with Crippen LogP contribution in [0.5, 0.6) is 11.5 Å². The minimum atomic E-state index is -2.28. The van der Waals surface area contributed by atoms with Crippen LogP contribution in [0.1, 0.15) is 81.8 Å². The predicted molar refractivity (Wildman–Crippen MR) is 327 cm³/mol. The van der Waals surface area contributed by atoms with Crippen molar-refractivity contribution in [3.05, 3.63) is 108 Å². The summed E-state index contributed by atoms with van der Waals surface area (Å²) >= 11 is 0. The number of amides is 7. The van der Waals surface area contributed by atoms with Crippen molar-refractivity contribution in [3.63, 3.8) is 0 Å². The summed E-state index contributed by atoms with van der Waals surface area (Å²) in [4.78, 5) is 109. The molecule has 25 nitrogen and oxygen atoms in total. The molecule has 3 fully saturated rings. The summed E-state index contributed by atoms with van der Waals surface area (Å²) in [6.45, 7) is 6.31. The number of quaternary nitrogens is 1. The number of aliphatic hydroxyl groups is 7. The van der Waals surface area contributed by atoms with Crippen molar-refractivity contribution in [3.8, 4) is 33.8 Å². The van der Waals surface area contributed by atoms with Crippen LogP contribution < -0.4 is 31.3 Å². The fourth-order valence-electron chi connectivity index (χ4n) is 10.9. The van der Waals surface area contributed by atoms with Crippen molar-refractivity contribution < 1.29 is 83.6 Å². The van der Waals surface area contributed by atoms with E-state index in [1.165, 1.54) is 49.5 Å². The first-order valence-electron chi connectivity index (χ1n) is 30.1. The number of phenols is 1. The molecule has 0 radical (unpaired) electrons. The highest BCUT2D eigenvalue weighted by Crippen LogP contribution is 2.30. The monoisotopic (exact) mass is 1240 g/mol. The third-order valence-electron chi connectivity index (χ3n) is 16.3. The summed E-state index contributed by atoms with van der Waals surface area (Å²) in [5, 5.41) is 103. The molecule has 482 valence electrons. The summed E-state index contributed by atoms with van der Waals surface area (Å²) < 4.78 is 6.32. The molecule has 3 heterocycles. The Bertz CT molecular complexity index is 3110. The fourth-order valence-corrected chi connectivity index (χ4v) is 10.9. The van der Waals surface area contributed by atoms with Gasteiger partial charge in [0.1, 0.15) is 60.0 Å². The maximum absolute atomic E-state index is 14.8. The van der Waals surface area contributed by atoms with Gasteiger partial charge in [0.05, 0.1) is 77.4 Å². The van der Waals surface area contributed by atoms with E-state index < -0.39 is 152 Å². The van der Waals surface area contributed by atoms with Crippen LogP contribution in [-0.4, -0.2) is 236 Å². The molecular weight excluding hydrogens is 1150 g/mol. The first-order chi connectivity index (χ1) is 42.1. The van der Waals surface area contributed by atoms with Gasteiger partial charge in [-0.15, -0.1) is 0 Å². The third-order valence-corrected chi connectivity index (χ3v) is 16.3. The topological polar surface area (TPSA) is 370 Å². The van der Waals surface area contributed by atoms with Crippen LogP contribution in [0, 0.1) is 5.92 Å². The van der Waals surface area contributed by atoms with Crippen molar-refractivity contribution in [2.24, 2.45) is 10.9 Å². The summed E-state index contributed by atoms with van der Waals surface area (Å²) in [7, 11) is 5.72. The van der Waals surface area contributed by atoms with Gasteiger partial charge in [-0.05, 0) is 84.5 Å². The zero-order chi connectivity index (χ0) is 65.0. The number of benzene rings is 4. The maximum atomic E-state index is 14.8. The van der Waals surface area contributed by atoms with Crippen molar-refractivity contribution in [2.75, 3.05) is 53.9 Å². The Morgan fingerprint density at radius 3 is 1.79 bits per heavy atom. The second-order valence-electron chi connectivity index (χ2n) is 24.4. The van der Waals surface area contributed by atoms with Crippen LogP contribution in [0.2, 0.25) is 0 Å². The van der Waals surface area contributed by atoms with Gasteiger partial charge >= 0.3 is 0 Å². The minimum Gasteiger partial charge on any atom is -0.508 e. The number of aromatic hydroxyl groups is 1. The van der Waals surface area contributed by atoms with E-state index >= 15 is 0 Å². The zero-order valence-corrected chi connectivity index (χ0v) is 51.2. The summed E-state index contributed by atoms with van der Waals surface area (Å²) in [6, 6.07) is 13.8. The van der Waals surface area contributed by atoms with E-state index in [0.29, 0.717) is 17.6 Å². The molecule has 4 aromatic rings. The van der Waals surface area contributed by atoms with E-state index in [2.05, 4.69) is 38.5 Å². The number of aliphatic hydroxyl groups excluding tert-OH is 7. The molecule has 7 amide bonds. The average molecular weight is 1240 g/mol. The highest BCUT2D eigenvalue weighted by atomic mass is 16.5. The lowest BCUT2D eigenvalue weighted by atomic mass is 9.96. The summed E-state index contributed by atoms with van der Waals surface area (Å²) in [5.41, 5.74) is 3.49. The maximum Gasteiger partial charge on any atom is 0.251 e. The van der Waals surface area contributed by atoms with Gasteiger partial charge in [0.25, 0.3) is 5.91 Å². The first kappa shape index (κ1) is 68.6.